The third-order valence-electron chi connectivity index (χ3n) is 4.90. The van der Waals surface area contributed by atoms with E-state index < -0.39 is 0 Å². The summed E-state index contributed by atoms with van der Waals surface area (Å²) < 4.78 is 0. The minimum absolute atomic E-state index is 0.121. The average Bonchev–Trinajstić information content (AvgIpc) is 2.74. The first kappa shape index (κ1) is 17.7. The predicted octanol–water partition coefficient (Wildman–Crippen LogP) is 6.90. The van der Waals surface area contributed by atoms with Gasteiger partial charge in [-0.15, -0.1) is 0 Å². The maximum absolute atomic E-state index is 11.6. The summed E-state index contributed by atoms with van der Waals surface area (Å²) in [6, 6.07) is 31.4. The molecule has 0 aliphatic carbocycles. The Morgan fingerprint density at radius 1 is 0.643 bits per heavy atom. The lowest BCUT2D eigenvalue weighted by Gasteiger charge is -2.16. The van der Waals surface area contributed by atoms with Gasteiger partial charge in [-0.25, -0.2) is 0 Å². The maximum Gasteiger partial charge on any atom is 0.277 e. The zero-order valence-electron chi connectivity index (χ0n) is 15.5. The van der Waals surface area contributed by atoms with Crippen LogP contribution in [0.4, 0.5) is 5.69 Å². The smallest absolute Gasteiger partial charge is 0.258 e. The number of para-hydroxylation sites is 1. The molecular weight excluding hydrogens is 346 g/mol. The van der Waals surface area contributed by atoms with E-state index in [0.29, 0.717) is 5.56 Å². The van der Waals surface area contributed by atoms with Crippen molar-refractivity contribution in [2.75, 3.05) is 0 Å². The summed E-state index contributed by atoms with van der Waals surface area (Å²) in [7, 11) is 0. The van der Waals surface area contributed by atoms with Crippen molar-refractivity contribution in [3.63, 3.8) is 0 Å². The lowest BCUT2D eigenvalue weighted by Crippen LogP contribution is -1.96. The Morgan fingerprint density at radius 3 is 1.86 bits per heavy atom. The lowest BCUT2D eigenvalue weighted by molar-refractivity contribution is -0.384. The summed E-state index contributed by atoms with van der Waals surface area (Å²) in [5, 5.41) is 11.6. The molecule has 28 heavy (non-hydrogen) atoms. The first-order chi connectivity index (χ1) is 13.6. The van der Waals surface area contributed by atoms with Crippen molar-refractivity contribution >= 4 is 5.69 Å². The number of aryl methyl sites for hydroxylation is 1. The highest BCUT2D eigenvalue weighted by Gasteiger charge is 2.20. The summed E-state index contributed by atoms with van der Waals surface area (Å²) in [4.78, 5) is 11.3. The van der Waals surface area contributed by atoms with Gasteiger partial charge in [-0.2, -0.15) is 0 Å². The Bertz CT molecular complexity index is 1140. The van der Waals surface area contributed by atoms with Gasteiger partial charge in [-0.1, -0.05) is 78.9 Å². The van der Waals surface area contributed by atoms with Crippen LogP contribution in [0, 0.1) is 17.0 Å². The number of nitro benzene ring substituents is 1. The second-order valence-corrected chi connectivity index (χ2v) is 6.72. The zero-order chi connectivity index (χ0) is 19.5. The predicted molar refractivity (Wildman–Crippen MR) is 114 cm³/mol. The number of rotatable bonds is 4. The van der Waals surface area contributed by atoms with Crippen molar-refractivity contribution in [2.45, 2.75) is 6.92 Å². The maximum atomic E-state index is 11.6. The first-order valence-electron chi connectivity index (χ1n) is 9.14. The molecule has 0 bridgehead atoms. The number of nitro groups is 1. The van der Waals surface area contributed by atoms with Crippen LogP contribution in [0.15, 0.2) is 97.1 Å². The SMILES string of the molecule is Cc1cc(-c2ccccc2)cc(-c2ccccc2)c1-c1ccccc1[N+](=O)[O-]. The van der Waals surface area contributed by atoms with Gasteiger partial charge in [0.15, 0.2) is 0 Å². The van der Waals surface area contributed by atoms with Gasteiger partial charge in [0, 0.05) is 6.07 Å². The van der Waals surface area contributed by atoms with E-state index in [4.69, 9.17) is 0 Å². The van der Waals surface area contributed by atoms with Crippen LogP contribution in [-0.4, -0.2) is 4.92 Å². The third kappa shape index (κ3) is 3.30. The van der Waals surface area contributed by atoms with Crippen molar-refractivity contribution < 1.29 is 4.92 Å². The van der Waals surface area contributed by atoms with Crippen LogP contribution >= 0.6 is 0 Å². The van der Waals surface area contributed by atoms with E-state index in [0.717, 1.165) is 33.4 Å². The highest BCUT2D eigenvalue weighted by molar-refractivity contribution is 5.92. The van der Waals surface area contributed by atoms with Gasteiger partial charge in [0.25, 0.3) is 5.69 Å². The number of hydrogen-bond acceptors (Lipinski definition) is 2. The van der Waals surface area contributed by atoms with Crippen LogP contribution in [0.3, 0.4) is 0 Å². The van der Waals surface area contributed by atoms with Crippen molar-refractivity contribution in [1.82, 2.24) is 0 Å². The molecule has 0 fully saturated rings. The van der Waals surface area contributed by atoms with E-state index in [1.54, 1.807) is 12.1 Å². The van der Waals surface area contributed by atoms with E-state index in [9.17, 15) is 10.1 Å². The number of benzene rings is 4. The molecule has 4 aromatic rings. The van der Waals surface area contributed by atoms with Gasteiger partial charge in [0.2, 0.25) is 0 Å². The largest absolute Gasteiger partial charge is 0.277 e. The number of hydrogen-bond donors (Lipinski definition) is 0. The molecule has 0 aliphatic heterocycles. The molecule has 0 N–H and O–H groups in total. The van der Waals surface area contributed by atoms with Crippen molar-refractivity contribution in [3.8, 4) is 33.4 Å². The third-order valence-corrected chi connectivity index (χ3v) is 4.90. The summed E-state index contributed by atoms with van der Waals surface area (Å²) in [5.74, 6) is 0. The molecule has 0 saturated carbocycles. The van der Waals surface area contributed by atoms with Crippen LogP contribution in [-0.2, 0) is 0 Å². The molecular formula is C25H19NO2. The molecule has 3 nitrogen and oxygen atoms in total. The minimum atomic E-state index is -0.311. The van der Waals surface area contributed by atoms with Gasteiger partial charge in [0.05, 0.1) is 10.5 Å². The molecule has 136 valence electrons. The van der Waals surface area contributed by atoms with Crippen molar-refractivity contribution in [1.29, 1.82) is 0 Å². The second kappa shape index (κ2) is 7.49. The Hall–Kier alpha value is -3.72. The van der Waals surface area contributed by atoms with Crippen LogP contribution in [0.25, 0.3) is 33.4 Å². The first-order valence-corrected chi connectivity index (χ1v) is 9.14. The van der Waals surface area contributed by atoms with Crippen LogP contribution in [0.1, 0.15) is 5.56 Å². The standard InChI is InChI=1S/C25H19NO2/c1-18-16-21(19-10-4-2-5-11-19)17-23(20-12-6-3-7-13-20)25(18)22-14-8-9-15-24(22)26(27)28/h2-17H,1H3. The molecule has 0 unspecified atom stereocenters. The Morgan fingerprint density at radius 2 is 1.21 bits per heavy atom. The molecule has 0 radical (unpaired) electrons. The number of nitrogens with zero attached hydrogens (tertiary/aromatic N) is 1. The molecule has 0 saturated heterocycles. The van der Waals surface area contributed by atoms with Crippen LogP contribution < -0.4 is 0 Å². The van der Waals surface area contributed by atoms with Gasteiger partial charge in [0.1, 0.15) is 0 Å². The Labute approximate surface area is 164 Å². The summed E-state index contributed by atoms with van der Waals surface area (Å²) >= 11 is 0. The summed E-state index contributed by atoms with van der Waals surface area (Å²) in [6.45, 7) is 2.02. The van der Waals surface area contributed by atoms with Crippen LogP contribution in [0.5, 0.6) is 0 Å². The van der Waals surface area contributed by atoms with Crippen molar-refractivity contribution in [2.24, 2.45) is 0 Å². The van der Waals surface area contributed by atoms with Crippen LogP contribution in [0.2, 0.25) is 0 Å². The summed E-state index contributed by atoms with van der Waals surface area (Å²) in [5.41, 5.74) is 6.92. The molecule has 0 aromatic heterocycles. The quantitative estimate of drug-likeness (QED) is 0.291. The van der Waals surface area contributed by atoms with E-state index in [1.165, 1.54) is 0 Å². The Kier molecular flexibility index (Phi) is 4.73. The zero-order valence-corrected chi connectivity index (χ0v) is 15.5. The van der Waals surface area contributed by atoms with Crippen molar-refractivity contribution in [3.05, 3.63) is 113 Å². The molecule has 4 aromatic carbocycles. The fraction of sp³-hybridized carbons (Fsp3) is 0.0400. The molecule has 0 heterocycles. The Balaban J connectivity index is 2.03. The molecule has 4 rings (SSSR count). The fourth-order valence-corrected chi connectivity index (χ4v) is 3.63. The lowest BCUT2D eigenvalue weighted by atomic mass is 9.87. The monoisotopic (exact) mass is 365 g/mol. The van der Waals surface area contributed by atoms with Gasteiger partial charge >= 0.3 is 0 Å². The normalized spacial score (nSPS) is 10.6. The topological polar surface area (TPSA) is 43.1 Å². The minimum Gasteiger partial charge on any atom is -0.258 e. The second-order valence-electron chi connectivity index (χ2n) is 6.72. The fourth-order valence-electron chi connectivity index (χ4n) is 3.63. The molecule has 0 atom stereocenters. The molecule has 0 amide bonds. The highest BCUT2D eigenvalue weighted by Crippen LogP contribution is 2.41. The van der Waals surface area contributed by atoms with Gasteiger partial charge in [-0.3, -0.25) is 10.1 Å². The van der Waals surface area contributed by atoms with E-state index in [1.807, 2.05) is 67.6 Å². The molecule has 3 heteroatoms. The van der Waals surface area contributed by atoms with Gasteiger partial charge in [-0.05, 0) is 52.4 Å². The molecule has 0 aliphatic rings. The summed E-state index contributed by atoms with van der Waals surface area (Å²) in [6.07, 6.45) is 0. The highest BCUT2D eigenvalue weighted by atomic mass is 16.6. The average molecular weight is 365 g/mol. The van der Waals surface area contributed by atoms with E-state index in [-0.39, 0.29) is 10.6 Å². The van der Waals surface area contributed by atoms with E-state index in [2.05, 4.69) is 24.3 Å². The van der Waals surface area contributed by atoms with Gasteiger partial charge < -0.3 is 0 Å². The molecule has 0 spiro atoms. The van der Waals surface area contributed by atoms with E-state index >= 15 is 0 Å².